The van der Waals surface area contributed by atoms with E-state index >= 15 is 8.78 Å². The number of halogens is 3. The quantitative estimate of drug-likeness (QED) is 0.580. The van der Waals surface area contributed by atoms with Gasteiger partial charge in [-0.25, -0.2) is 9.18 Å². The van der Waals surface area contributed by atoms with Crippen LogP contribution in [0.5, 0.6) is 0 Å². The molecule has 0 aromatic heterocycles. The molecular weight excluding hydrogens is 355 g/mol. The first kappa shape index (κ1) is 21.8. The molecule has 1 rings (SSSR count). The average Bonchev–Trinajstić information content (AvgIpc) is 2.52. The van der Waals surface area contributed by atoms with Gasteiger partial charge in [-0.15, -0.1) is 4.72 Å². The van der Waals surface area contributed by atoms with Crippen molar-refractivity contribution in [2.75, 3.05) is 6.61 Å². The van der Waals surface area contributed by atoms with Crippen LogP contribution in [-0.4, -0.2) is 27.8 Å². The summed E-state index contributed by atoms with van der Waals surface area (Å²) in [6.45, 7) is 7.26. The number of nitrogens with one attached hydrogen (secondary N) is 1. The van der Waals surface area contributed by atoms with Gasteiger partial charge in [0.2, 0.25) is 0 Å². The van der Waals surface area contributed by atoms with Gasteiger partial charge in [0.15, 0.2) is 5.54 Å². The number of esters is 1. The van der Waals surface area contributed by atoms with E-state index < -0.39 is 44.9 Å². The first-order valence-corrected chi connectivity index (χ1v) is 9.08. The van der Waals surface area contributed by atoms with Crippen molar-refractivity contribution in [1.29, 1.82) is 0 Å². The van der Waals surface area contributed by atoms with Crippen molar-refractivity contribution in [3.05, 3.63) is 35.6 Å². The monoisotopic (exact) mass is 379 g/mol. The van der Waals surface area contributed by atoms with Crippen molar-refractivity contribution >= 4 is 17.3 Å². The molecule has 1 aromatic carbocycles. The lowest BCUT2D eigenvalue weighted by molar-refractivity contribution is -0.185. The third kappa shape index (κ3) is 4.30. The maximum absolute atomic E-state index is 15.1. The Labute approximate surface area is 149 Å². The predicted octanol–water partition coefficient (Wildman–Crippen LogP) is 3.68. The van der Waals surface area contributed by atoms with Crippen LogP contribution in [0.4, 0.5) is 13.2 Å². The number of carbonyl (C=O) groups excluding carboxylic acids is 1. The first-order chi connectivity index (χ1) is 11.4. The number of ether oxygens (including phenoxy) is 1. The number of alkyl halides is 2. The van der Waals surface area contributed by atoms with Crippen molar-refractivity contribution in [1.82, 2.24) is 4.72 Å². The highest BCUT2D eigenvalue weighted by atomic mass is 32.2. The number of benzene rings is 1. The normalized spacial score (nSPS) is 16.2. The van der Waals surface area contributed by atoms with Crippen molar-refractivity contribution in [2.45, 2.75) is 57.2 Å². The minimum Gasteiger partial charge on any atom is -0.598 e. The molecule has 0 bridgehead atoms. The zero-order valence-electron chi connectivity index (χ0n) is 15.0. The van der Waals surface area contributed by atoms with E-state index in [0.29, 0.717) is 0 Å². The molecule has 0 aliphatic heterocycles. The highest BCUT2D eigenvalue weighted by Gasteiger charge is 2.64. The molecule has 2 atom stereocenters. The molecule has 0 saturated heterocycles. The number of hydrogen-bond donors (Lipinski definition) is 1. The maximum Gasteiger partial charge on any atom is 0.379 e. The van der Waals surface area contributed by atoms with Crippen LogP contribution in [0.15, 0.2) is 24.3 Å². The van der Waals surface area contributed by atoms with E-state index in [1.807, 2.05) is 0 Å². The van der Waals surface area contributed by atoms with E-state index in [1.165, 1.54) is 26.0 Å². The summed E-state index contributed by atoms with van der Waals surface area (Å²) in [5.41, 5.74) is -2.95. The van der Waals surface area contributed by atoms with Gasteiger partial charge in [-0.3, -0.25) is 0 Å². The molecule has 25 heavy (non-hydrogen) atoms. The van der Waals surface area contributed by atoms with Gasteiger partial charge in [-0.05, 0) is 40.2 Å². The van der Waals surface area contributed by atoms with E-state index in [2.05, 4.69) is 9.46 Å². The highest BCUT2D eigenvalue weighted by molar-refractivity contribution is 7.90. The van der Waals surface area contributed by atoms with Gasteiger partial charge >= 0.3 is 11.9 Å². The lowest BCUT2D eigenvalue weighted by atomic mass is 9.81. The fraction of sp³-hybridized carbons (Fsp3) is 0.588. The smallest absolute Gasteiger partial charge is 0.379 e. The van der Waals surface area contributed by atoms with E-state index in [9.17, 15) is 13.7 Å². The molecule has 1 aromatic rings. The summed E-state index contributed by atoms with van der Waals surface area (Å²) in [5.74, 6) is -6.86. The van der Waals surface area contributed by atoms with Gasteiger partial charge in [-0.2, -0.15) is 8.78 Å². The SMILES string of the molecule is CCOC(=O)C(F)(F)[C@](CC)(N[S@+]([O-])C(C)(C)C)c1ccccc1F. The fourth-order valence-electron chi connectivity index (χ4n) is 2.29. The van der Waals surface area contributed by atoms with E-state index in [1.54, 1.807) is 20.8 Å². The second-order valence-electron chi connectivity index (χ2n) is 6.52. The molecule has 8 heteroatoms. The largest absolute Gasteiger partial charge is 0.598 e. The maximum atomic E-state index is 15.1. The third-order valence-corrected chi connectivity index (χ3v) is 5.40. The van der Waals surface area contributed by atoms with Gasteiger partial charge in [0.25, 0.3) is 0 Å². The number of rotatable bonds is 7. The van der Waals surface area contributed by atoms with Gasteiger partial charge in [0.05, 0.1) is 6.61 Å². The predicted molar refractivity (Wildman–Crippen MR) is 91.0 cm³/mol. The Morgan fingerprint density at radius 1 is 1.24 bits per heavy atom. The highest BCUT2D eigenvalue weighted by Crippen LogP contribution is 2.43. The minimum atomic E-state index is -4.14. The van der Waals surface area contributed by atoms with Crippen LogP contribution in [0.2, 0.25) is 0 Å². The summed E-state index contributed by atoms with van der Waals surface area (Å²) in [5, 5.41) is 0. The summed E-state index contributed by atoms with van der Waals surface area (Å²) >= 11 is -1.99. The molecular formula is C17H24F3NO3S. The van der Waals surface area contributed by atoms with Crippen molar-refractivity contribution in [3.8, 4) is 0 Å². The summed E-state index contributed by atoms with van der Waals surface area (Å²) in [6.07, 6.45) is -0.387. The fourth-order valence-corrected chi connectivity index (χ4v) is 3.29. The lowest BCUT2D eigenvalue weighted by Gasteiger charge is -2.40. The van der Waals surface area contributed by atoms with E-state index in [0.717, 1.165) is 12.1 Å². The topological polar surface area (TPSA) is 61.4 Å². The van der Waals surface area contributed by atoms with E-state index in [4.69, 9.17) is 0 Å². The second kappa shape index (κ2) is 7.97. The van der Waals surface area contributed by atoms with Crippen LogP contribution in [0, 0.1) is 5.82 Å². The van der Waals surface area contributed by atoms with Crippen molar-refractivity contribution < 1.29 is 27.3 Å². The zero-order chi connectivity index (χ0) is 19.5. The van der Waals surface area contributed by atoms with Crippen LogP contribution in [-0.2, 0) is 26.4 Å². The Bertz CT molecular complexity index is 607. The second-order valence-corrected chi connectivity index (χ2v) is 8.48. The Kier molecular flexibility index (Phi) is 6.95. The van der Waals surface area contributed by atoms with Gasteiger partial charge in [0.1, 0.15) is 10.6 Å². The molecule has 0 radical (unpaired) electrons. The molecule has 0 aliphatic rings. The molecule has 1 N–H and O–H groups in total. The average molecular weight is 379 g/mol. The summed E-state index contributed by atoms with van der Waals surface area (Å²) in [7, 11) is 0. The Morgan fingerprint density at radius 2 is 1.80 bits per heavy atom. The van der Waals surface area contributed by atoms with Crippen LogP contribution < -0.4 is 4.72 Å². The molecule has 0 heterocycles. The molecule has 0 amide bonds. The van der Waals surface area contributed by atoms with Crippen molar-refractivity contribution in [3.63, 3.8) is 0 Å². The van der Waals surface area contributed by atoms with Crippen molar-refractivity contribution in [2.24, 2.45) is 0 Å². The molecule has 0 saturated carbocycles. The Balaban J connectivity index is 3.59. The Morgan fingerprint density at radius 3 is 2.24 bits per heavy atom. The van der Waals surface area contributed by atoms with Crippen LogP contribution >= 0.6 is 0 Å². The molecule has 0 aliphatic carbocycles. The van der Waals surface area contributed by atoms with Crippen LogP contribution in [0.1, 0.15) is 46.6 Å². The summed E-state index contributed by atoms with van der Waals surface area (Å²) in [4.78, 5) is 12.0. The molecule has 0 unspecified atom stereocenters. The lowest BCUT2D eigenvalue weighted by Crippen LogP contribution is -2.63. The molecule has 0 fully saturated rings. The molecule has 4 nitrogen and oxygen atoms in total. The third-order valence-electron chi connectivity index (χ3n) is 3.75. The standard InChI is InChI=1S/C17H24F3NO3S/c1-6-16(21-25(23)15(3,4)5,12-10-8-9-11-13(12)18)17(19,20)14(22)24-7-2/h8-11,21H,6-7H2,1-5H3/t16-,25-/m1/s1. The molecule has 0 spiro atoms. The van der Waals surface area contributed by atoms with Gasteiger partial charge in [0, 0.05) is 16.9 Å². The summed E-state index contributed by atoms with van der Waals surface area (Å²) in [6, 6.07) is 4.90. The van der Waals surface area contributed by atoms with E-state index in [-0.39, 0.29) is 13.0 Å². The van der Waals surface area contributed by atoms with Crippen LogP contribution in [0.3, 0.4) is 0 Å². The Hall–Kier alpha value is -1.25. The number of carbonyl (C=O) groups is 1. The summed E-state index contributed by atoms with van der Waals surface area (Å²) < 4.78 is 63.0. The van der Waals surface area contributed by atoms with Gasteiger partial charge in [-0.1, -0.05) is 25.1 Å². The number of hydrogen-bond acceptors (Lipinski definition) is 4. The van der Waals surface area contributed by atoms with Gasteiger partial charge < -0.3 is 9.29 Å². The zero-order valence-corrected chi connectivity index (χ0v) is 15.8. The molecule has 142 valence electrons. The van der Waals surface area contributed by atoms with Crippen LogP contribution in [0.25, 0.3) is 0 Å². The minimum absolute atomic E-state index is 0.256. The first-order valence-electron chi connectivity index (χ1n) is 7.93.